The van der Waals surface area contributed by atoms with Gasteiger partial charge in [0.1, 0.15) is 23.8 Å². The third-order valence-corrected chi connectivity index (χ3v) is 5.61. The van der Waals surface area contributed by atoms with E-state index in [0.717, 1.165) is 22.6 Å². The number of nitrogens with zero attached hydrogens (tertiary/aromatic N) is 1. The maximum Gasteiger partial charge on any atom is 0.416 e. The third kappa shape index (κ3) is 4.11. The number of amides is 2. The second-order valence-corrected chi connectivity index (χ2v) is 7.30. The lowest BCUT2D eigenvalue weighted by Crippen LogP contribution is -2.50. The highest BCUT2D eigenvalue weighted by atomic mass is 35.5. The maximum absolute atomic E-state index is 14.3. The van der Waals surface area contributed by atoms with Crippen LogP contribution in [-0.4, -0.2) is 40.5 Å². The minimum atomic E-state index is -2.14. The van der Waals surface area contributed by atoms with E-state index in [1.165, 1.54) is 6.92 Å². The van der Waals surface area contributed by atoms with Crippen LogP contribution in [0.5, 0.6) is 0 Å². The van der Waals surface area contributed by atoms with Gasteiger partial charge in [-0.3, -0.25) is 4.79 Å². The van der Waals surface area contributed by atoms with Crippen LogP contribution in [0, 0.1) is 17.6 Å². The lowest BCUT2D eigenvalue weighted by molar-refractivity contribution is -0.141. The lowest BCUT2D eigenvalue weighted by atomic mass is 9.82. The van der Waals surface area contributed by atoms with E-state index < -0.39 is 47.1 Å². The monoisotopic (exact) mass is 423 g/mol. The Morgan fingerprint density at radius 2 is 2.00 bits per heavy atom. The zero-order valence-electron chi connectivity index (χ0n) is 15.6. The molecule has 2 aromatic rings. The molecule has 0 saturated carbocycles. The Labute approximate surface area is 171 Å². The summed E-state index contributed by atoms with van der Waals surface area (Å²) in [6.07, 6.45) is -0.464. The van der Waals surface area contributed by atoms with Gasteiger partial charge in [0.15, 0.2) is 0 Å². The van der Waals surface area contributed by atoms with E-state index in [1.807, 2.05) is 30.3 Å². The summed E-state index contributed by atoms with van der Waals surface area (Å²) < 4.78 is 32.6. The molecule has 5 nitrogen and oxygen atoms in total. The number of alkyl halides is 1. The summed E-state index contributed by atoms with van der Waals surface area (Å²) in [7, 11) is 0. The Balaban J connectivity index is 1.88. The van der Waals surface area contributed by atoms with E-state index in [2.05, 4.69) is 0 Å². The fourth-order valence-corrected chi connectivity index (χ4v) is 3.82. The van der Waals surface area contributed by atoms with E-state index in [4.69, 9.17) is 16.3 Å². The van der Waals surface area contributed by atoms with Gasteiger partial charge in [0.25, 0.3) is 0 Å². The topological polar surface area (TPSA) is 66.8 Å². The zero-order chi connectivity index (χ0) is 21.2. The molecule has 1 saturated heterocycles. The van der Waals surface area contributed by atoms with Crippen LogP contribution in [0.2, 0.25) is 0 Å². The number of carbonyl (C=O) groups is 2. The number of halogens is 3. The van der Waals surface area contributed by atoms with Gasteiger partial charge < -0.3 is 9.84 Å². The highest BCUT2D eigenvalue weighted by Gasteiger charge is 2.47. The Kier molecular flexibility index (Phi) is 6.19. The molecule has 0 radical (unpaired) electrons. The van der Waals surface area contributed by atoms with Gasteiger partial charge in [-0.05, 0) is 18.1 Å². The van der Waals surface area contributed by atoms with Crippen molar-refractivity contribution < 1.29 is 28.2 Å². The molecule has 0 bridgehead atoms. The van der Waals surface area contributed by atoms with Crippen LogP contribution in [0.15, 0.2) is 48.5 Å². The summed E-state index contributed by atoms with van der Waals surface area (Å²) in [5.74, 6) is -4.43. The van der Waals surface area contributed by atoms with Crippen LogP contribution in [0.1, 0.15) is 18.1 Å². The SMILES string of the molecule is CC(C(=O)N1C(=O)OCC1Cc1ccccc1)C(O)(CCl)c1ccc(F)cc1F. The number of hydrogen-bond acceptors (Lipinski definition) is 4. The van der Waals surface area contributed by atoms with Gasteiger partial charge in [-0.25, -0.2) is 18.5 Å². The van der Waals surface area contributed by atoms with Crippen molar-refractivity contribution >= 4 is 23.6 Å². The van der Waals surface area contributed by atoms with Crippen molar-refractivity contribution in [3.63, 3.8) is 0 Å². The Morgan fingerprint density at radius 1 is 1.31 bits per heavy atom. The molecule has 0 aromatic heterocycles. The first kappa shape index (κ1) is 21.2. The molecule has 0 aliphatic carbocycles. The minimum Gasteiger partial charge on any atom is -0.447 e. The average molecular weight is 424 g/mol. The molecule has 0 spiro atoms. The molecule has 8 heteroatoms. The standard InChI is InChI=1S/C21H20ClF2NO4/c1-13(21(28,12-22)17-8-7-15(23)10-18(17)24)19(26)25-16(11-29-20(25)27)9-14-5-3-2-4-6-14/h2-8,10,13,16,28H,9,11-12H2,1H3. The van der Waals surface area contributed by atoms with E-state index in [0.29, 0.717) is 12.5 Å². The van der Waals surface area contributed by atoms with Crippen molar-refractivity contribution in [3.8, 4) is 0 Å². The lowest BCUT2D eigenvalue weighted by Gasteiger charge is -2.34. The van der Waals surface area contributed by atoms with E-state index in [1.54, 1.807) is 0 Å². The maximum atomic E-state index is 14.3. The number of ether oxygens (including phenoxy) is 1. The first-order valence-electron chi connectivity index (χ1n) is 9.05. The molecule has 1 aliphatic rings. The van der Waals surface area contributed by atoms with Gasteiger partial charge in [0.2, 0.25) is 5.91 Å². The smallest absolute Gasteiger partial charge is 0.416 e. The first-order valence-corrected chi connectivity index (χ1v) is 9.59. The second kappa shape index (κ2) is 8.47. The third-order valence-electron chi connectivity index (χ3n) is 5.20. The highest BCUT2D eigenvalue weighted by Crippen LogP contribution is 2.35. The molecule has 1 heterocycles. The molecule has 1 fully saturated rings. The Bertz CT molecular complexity index is 911. The summed E-state index contributed by atoms with van der Waals surface area (Å²) in [6, 6.07) is 11.3. The summed E-state index contributed by atoms with van der Waals surface area (Å²) in [4.78, 5) is 26.3. The summed E-state index contributed by atoms with van der Waals surface area (Å²) >= 11 is 5.91. The predicted octanol–water partition coefficient (Wildman–Crippen LogP) is 3.62. The molecular formula is C21H20ClF2NO4. The fraction of sp³-hybridized carbons (Fsp3) is 0.333. The molecule has 3 rings (SSSR count). The fourth-order valence-electron chi connectivity index (χ4n) is 3.44. The number of benzene rings is 2. The number of imide groups is 1. The van der Waals surface area contributed by atoms with Crippen LogP contribution in [0.25, 0.3) is 0 Å². The number of hydrogen-bond donors (Lipinski definition) is 1. The zero-order valence-corrected chi connectivity index (χ0v) is 16.4. The van der Waals surface area contributed by atoms with Crippen LogP contribution in [0.3, 0.4) is 0 Å². The van der Waals surface area contributed by atoms with E-state index >= 15 is 0 Å². The van der Waals surface area contributed by atoms with Gasteiger partial charge in [-0.2, -0.15) is 0 Å². The summed E-state index contributed by atoms with van der Waals surface area (Å²) in [5.41, 5.74) is -1.56. The van der Waals surface area contributed by atoms with Crippen molar-refractivity contribution in [2.45, 2.75) is 25.0 Å². The largest absolute Gasteiger partial charge is 0.447 e. The van der Waals surface area contributed by atoms with Crippen molar-refractivity contribution in [2.75, 3.05) is 12.5 Å². The number of carbonyl (C=O) groups excluding carboxylic acids is 2. The number of rotatable bonds is 6. The van der Waals surface area contributed by atoms with E-state index in [-0.39, 0.29) is 12.2 Å². The van der Waals surface area contributed by atoms with Crippen molar-refractivity contribution in [3.05, 3.63) is 71.3 Å². The Morgan fingerprint density at radius 3 is 2.62 bits per heavy atom. The molecule has 1 N–H and O–H groups in total. The number of cyclic esters (lactones) is 1. The normalized spacial score (nSPS) is 19.6. The van der Waals surface area contributed by atoms with Crippen LogP contribution in [-0.2, 0) is 21.6 Å². The van der Waals surface area contributed by atoms with Gasteiger partial charge in [-0.15, -0.1) is 11.6 Å². The van der Waals surface area contributed by atoms with Gasteiger partial charge in [-0.1, -0.05) is 43.3 Å². The van der Waals surface area contributed by atoms with E-state index in [9.17, 15) is 23.5 Å². The minimum absolute atomic E-state index is 0.0103. The summed E-state index contributed by atoms with van der Waals surface area (Å²) in [6.45, 7) is 1.36. The van der Waals surface area contributed by atoms with Gasteiger partial charge in [0.05, 0.1) is 17.8 Å². The van der Waals surface area contributed by atoms with Gasteiger partial charge in [0, 0.05) is 11.6 Å². The van der Waals surface area contributed by atoms with Crippen molar-refractivity contribution in [1.82, 2.24) is 4.90 Å². The molecule has 2 aromatic carbocycles. The highest BCUT2D eigenvalue weighted by molar-refractivity contribution is 6.18. The van der Waals surface area contributed by atoms with Crippen LogP contribution in [0.4, 0.5) is 13.6 Å². The summed E-state index contributed by atoms with van der Waals surface area (Å²) in [5, 5.41) is 11.0. The molecule has 2 amide bonds. The van der Waals surface area contributed by atoms with Crippen molar-refractivity contribution in [1.29, 1.82) is 0 Å². The average Bonchev–Trinajstić information content (AvgIpc) is 3.07. The number of aliphatic hydroxyl groups is 1. The molecular weight excluding hydrogens is 404 g/mol. The quantitative estimate of drug-likeness (QED) is 0.721. The first-order chi connectivity index (χ1) is 13.8. The van der Waals surface area contributed by atoms with Crippen molar-refractivity contribution in [2.24, 2.45) is 5.92 Å². The van der Waals surface area contributed by atoms with Gasteiger partial charge >= 0.3 is 6.09 Å². The molecule has 3 atom stereocenters. The van der Waals surface area contributed by atoms with Crippen LogP contribution < -0.4 is 0 Å². The van der Waals surface area contributed by atoms with Crippen LogP contribution >= 0.6 is 11.6 Å². The molecule has 29 heavy (non-hydrogen) atoms. The predicted molar refractivity (Wildman–Crippen MR) is 102 cm³/mol. The Hall–Kier alpha value is -2.51. The molecule has 3 unspecified atom stereocenters. The second-order valence-electron chi connectivity index (χ2n) is 7.03. The molecule has 1 aliphatic heterocycles. The molecule has 154 valence electrons.